The average molecular weight is 398 g/mol. The highest BCUT2D eigenvalue weighted by atomic mass is 16.3. The van der Waals surface area contributed by atoms with Crippen LogP contribution in [0.25, 0.3) is 0 Å². The molecule has 4 rings (SSSR count). The van der Waals surface area contributed by atoms with E-state index < -0.39 is 0 Å². The Hall–Kier alpha value is -2.25. The molecule has 7 nitrogen and oxygen atoms in total. The summed E-state index contributed by atoms with van der Waals surface area (Å²) in [4.78, 5) is 16.7. The topological polar surface area (TPSA) is 74.5 Å². The molecule has 1 saturated heterocycles. The summed E-state index contributed by atoms with van der Waals surface area (Å²) in [5.41, 5.74) is 1.23. The minimum atomic E-state index is -0.352. The third kappa shape index (κ3) is 4.51. The summed E-state index contributed by atoms with van der Waals surface area (Å²) in [7, 11) is 0. The molecule has 29 heavy (non-hydrogen) atoms. The van der Waals surface area contributed by atoms with Gasteiger partial charge in [-0.05, 0) is 24.3 Å². The fourth-order valence-corrected chi connectivity index (χ4v) is 4.35. The van der Waals surface area contributed by atoms with Crippen molar-refractivity contribution in [2.75, 3.05) is 13.1 Å². The summed E-state index contributed by atoms with van der Waals surface area (Å²) in [6, 6.07) is 10.4. The van der Waals surface area contributed by atoms with Crippen LogP contribution >= 0.6 is 0 Å². The second kappa shape index (κ2) is 8.63. The first kappa shape index (κ1) is 20.0. The van der Waals surface area contributed by atoms with Gasteiger partial charge >= 0.3 is 0 Å². The van der Waals surface area contributed by atoms with Gasteiger partial charge in [0.1, 0.15) is 0 Å². The Morgan fingerprint density at radius 3 is 2.76 bits per heavy atom. The van der Waals surface area contributed by atoms with E-state index in [0.29, 0.717) is 38.4 Å². The predicted molar refractivity (Wildman–Crippen MR) is 110 cm³/mol. The monoisotopic (exact) mass is 397 g/mol. The fraction of sp³-hybridized carbons (Fsp3) is 0.591. The van der Waals surface area contributed by atoms with Crippen molar-refractivity contribution in [2.24, 2.45) is 5.92 Å². The van der Waals surface area contributed by atoms with E-state index in [1.165, 1.54) is 5.56 Å². The van der Waals surface area contributed by atoms with E-state index in [9.17, 15) is 9.90 Å². The summed E-state index contributed by atoms with van der Waals surface area (Å²) in [5, 5.41) is 19.2. The highest BCUT2D eigenvalue weighted by Gasteiger charge is 2.37. The molecular weight excluding hydrogens is 366 g/mol. The van der Waals surface area contributed by atoms with Crippen molar-refractivity contribution in [3.05, 3.63) is 47.5 Å². The maximum Gasteiger partial charge on any atom is 0.223 e. The summed E-state index contributed by atoms with van der Waals surface area (Å²) in [5.74, 6) is 2.51. The highest BCUT2D eigenvalue weighted by molar-refractivity contribution is 5.76. The smallest absolute Gasteiger partial charge is 0.223 e. The Kier molecular flexibility index (Phi) is 5.96. The number of rotatable bonds is 6. The Labute approximate surface area is 172 Å². The molecule has 1 aromatic heterocycles. The summed E-state index contributed by atoms with van der Waals surface area (Å²) >= 11 is 0. The second-order valence-corrected chi connectivity index (χ2v) is 8.69. The first-order chi connectivity index (χ1) is 14.0. The van der Waals surface area contributed by atoms with Crippen molar-refractivity contribution in [1.82, 2.24) is 24.6 Å². The number of fused-ring (bicyclic) bond motifs is 1. The van der Waals surface area contributed by atoms with Gasteiger partial charge in [-0.15, -0.1) is 10.2 Å². The van der Waals surface area contributed by atoms with E-state index in [1.54, 1.807) is 0 Å². The summed E-state index contributed by atoms with van der Waals surface area (Å²) in [6.07, 6.45) is 1.83. The largest absolute Gasteiger partial charge is 0.392 e. The molecule has 0 aliphatic carbocycles. The van der Waals surface area contributed by atoms with Gasteiger partial charge in [0.2, 0.25) is 5.91 Å². The highest BCUT2D eigenvalue weighted by Crippen LogP contribution is 2.33. The molecule has 2 atom stereocenters. The molecule has 2 aromatic rings. The van der Waals surface area contributed by atoms with Crippen LogP contribution in [0.5, 0.6) is 0 Å². The standard InChI is InChI=1S/C22H31N5O2/c1-16(2)8-9-21(29)25-10-11-27-20(15-25)23-24-22(27)19-12-18(28)14-26(19)13-17-6-4-3-5-7-17/h3-7,16,18-19,28H,8-15H2,1-2H3/t18-,19-/m0/s1. The molecule has 1 N–H and O–H groups in total. The van der Waals surface area contributed by atoms with Crippen molar-refractivity contribution in [3.8, 4) is 0 Å². The van der Waals surface area contributed by atoms with Gasteiger partial charge in [-0.2, -0.15) is 0 Å². The molecule has 1 amide bonds. The van der Waals surface area contributed by atoms with Crippen molar-refractivity contribution < 1.29 is 9.90 Å². The number of hydrogen-bond donors (Lipinski definition) is 1. The van der Waals surface area contributed by atoms with Crippen molar-refractivity contribution in [1.29, 1.82) is 0 Å². The van der Waals surface area contributed by atoms with Crippen molar-refractivity contribution in [3.63, 3.8) is 0 Å². The van der Waals surface area contributed by atoms with Crippen LogP contribution in [-0.4, -0.2) is 54.8 Å². The Balaban J connectivity index is 1.47. The number of amides is 1. The lowest BCUT2D eigenvalue weighted by Gasteiger charge is -2.30. The summed E-state index contributed by atoms with van der Waals surface area (Å²) < 4.78 is 2.16. The molecule has 0 saturated carbocycles. The maximum absolute atomic E-state index is 12.5. The molecule has 2 aliphatic rings. The number of aliphatic hydroxyl groups excluding tert-OH is 1. The fourth-order valence-electron chi connectivity index (χ4n) is 4.35. The zero-order valence-corrected chi connectivity index (χ0v) is 17.4. The number of benzene rings is 1. The van der Waals surface area contributed by atoms with Crippen molar-refractivity contribution >= 4 is 5.91 Å². The number of aromatic nitrogens is 3. The quantitative estimate of drug-likeness (QED) is 0.810. The second-order valence-electron chi connectivity index (χ2n) is 8.69. The lowest BCUT2D eigenvalue weighted by atomic mass is 10.1. The minimum Gasteiger partial charge on any atom is -0.392 e. The van der Waals surface area contributed by atoms with Crippen LogP contribution < -0.4 is 0 Å². The van der Waals surface area contributed by atoms with Crippen LogP contribution in [0.3, 0.4) is 0 Å². The Morgan fingerprint density at radius 2 is 2.00 bits per heavy atom. The Bertz CT molecular complexity index is 835. The number of hydrogen-bond acceptors (Lipinski definition) is 5. The lowest BCUT2D eigenvalue weighted by molar-refractivity contribution is -0.133. The third-order valence-electron chi connectivity index (χ3n) is 5.98. The van der Waals surface area contributed by atoms with Gasteiger partial charge < -0.3 is 14.6 Å². The van der Waals surface area contributed by atoms with Crippen LogP contribution in [0, 0.1) is 5.92 Å². The van der Waals surface area contributed by atoms with E-state index in [-0.39, 0.29) is 18.1 Å². The van der Waals surface area contributed by atoms with Gasteiger partial charge in [-0.1, -0.05) is 44.2 Å². The average Bonchev–Trinajstić information content (AvgIpc) is 3.29. The molecule has 7 heteroatoms. The van der Waals surface area contributed by atoms with Gasteiger partial charge in [-0.25, -0.2) is 0 Å². The maximum atomic E-state index is 12.5. The first-order valence-electron chi connectivity index (χ1n) is 10.7. The zero-order chi connectivity index (χ0) is 20.4. The van der Waals surface area contributed by atoms with Gasteiger partial charge in [0.15, 0.2) is 11.6 Å². The lowest BCUT2D eigenvalue weighted by Crippen LogP contribution is -2.39. The van der Waals surface area contributed by atoms with E-state index in [2.05, 4.69) is 45.6 Å². The zero-order valence-electron chi connectivity index (χ0n) is 17.4. The summed E-state index contributed by atoms with van der Waals surface area (Å²) in [6.45, 7) is 7.65. The molecule has 0 unspecified atom stereocenters. The molecule has 156 valence electrons. The molecule has 0 spiro atoms. The molecule has 1 fully saturated rings. The molecule has 2 aliphatic heterocycles. The van der Waals surface area contributed by atoms with Gasteiger partial charge in [0.05, 0.1) is 18.7 Å². The molecule has 1 aromatic carbocycles. The van der Waals surface area contributed by atoms with Crippen LogP contribution in [0.2, 0.25) is 0 Å². The predicted octanol–water partition coefficient (Wildman–Crippen LogP) is 2.36. The minimum absolute atomic E-state index is 0.0506. The Morgan fingerprint density at radius 1 is 1.21 bits per heavy atom. The van der Waals surface area contributed by atoms with Crippen LogP contribution in [0.1, 0.15) is 56.4 Å². The van der Waals surface area contributed by atoms with Crippen LogP contribution in [-0.2, 0) is 24.4 Å². The SMILES string of the molecule is CC(C)CCC(=O)N1CCn2c(nnc2[C@@H]2C[C@H](O)CN2Cc2ccccc2)C1. The van der Waals surface area contributed by atoms with E-state index >= 15 is 0 Å². The number of likely N-dealkylation sites (tertiary alicyclic amines) is 1. The van der Waals surface area contributed by atoms with E-state index in [0.717, 1.165) is 31.2 Å². The molecule has 0 bridgehead atoms. The van der Waals surface area contributed by atoms with Gasteiger partial charge in [0, 0.05) is 32.6 Å². The molecule has 3 heterocycles. The van der Waals surface area contributed by atoms with Gasteiger partial charge in [-0.3, -0.25) is 9.69 Å². The first-order valence-corrected chi connectivity index (χ1v) is 10.7. The van der Waals surface area contributed by atoms with Crippen molar-refractivity contribution in [2.45, 2.75) is 64.9 Å². The van der Waals surface area contributed by atoms with Crippen LogP contribution in [0.4, 0.5) is 0 Å². The van der Waals surface area contributed by atoms with E-state index in [4.69, 9.17) is 0 Å². The number of aliphatic hydroxyl groups is 1. The molecule has 0 radical (unpaired) electrons. The van der Waals surface area contributed by atoms with Crippen LogP contribution in [0.15, 0.2) is 30.3 Å². The van der Waals surface area contributed by atoms with E-state index in [1.807, 2.05) is 23.1 Å². The third-order valence-corrected chi connectivity index (χ3v) is 5.98. The number of nitrogens with zero attached hydrogens (tertiary/aromatic N) is 5. The number of β-amino-alcohol motifs (C(OH)–C–C–N with tert-alkyl or cyclic N) is 1. The number of carbonyl (C=O) groups excluding carboxylic acids is 1. The number of carbonyl (C=O) groups is 1. The van der Waals surface area contributed by atoms with Gasteiger partial charge in [0.25, 0.3) is 0 Å². The molecular formula is C22H31N5O2. The normalized spacial score (nSPS) is 22.3.